The number of unbranched alkanes of at least 4 members (excludes halogenated alkanes) is 2. The third-order valence-corrected chi connectivity index (χ3v) is 10.4. The number of nitrogens with zero attached hydrogens (tertiary/aromatic N) is 4. The Morgan fingerprint density at radius 3 is 2.58 bits per heavy atom. The predicted molar refractivity (Wildman–Crippen MR) is 208 cm³/mol. The smallest absolute Gasteiger partial charge is 0.355 e. The number of cyclic esters (lactones) is 1. The minimum absolute atomic E-state index is 0. The molecule has 288 valence electrons. The van der Waals surface area contributed by atoms with E-state index in [9.17, 15) is 29.1 Å². The van der Waals surface area contributed by atoms with Crippen molar-refractivity contribution >= 4 is 64.8 Å². The summed E-state index contributed by atoms with van der Waals surface area (Å²) in [5.41, 5.74) is 9.27. The van der Waals surface area contributed by atoms with Crippen molar-refractivity contribution in [3.63, 3.8) is 0 Å². The summed E-state index contributed by atoms with van der Waals surface area (Å²) in [5.74, 6) is -3.79. The number of carbonyl (C=O) groups is 4. The van der Waals surface area contributed by atoms with E-state index < -0.39 is 47.9 Å². The summed E-state index contributed by atoms with van der Waals surface area (Å²) in [4.78, 5) is 78.1. The number of esters is 2. The number of rotatable bonds is 14. The highest BCUT2D eigenvalue weighted by Gasteiger charge is 2.50. The first-order valence-electron chi connectivity index (χ1n) is 18.3. The monoisotopic (exact) mass is 770 g/mol. The number of nitrogens with one attached hydrogen (secondary N) is 1. The molecule has 4 N–H and O–H groups in total. The van der Waals surface area contributed by atoms with Crippen LogP contribution < -0.4 is 21.5 Å². The number of aliphatic carboxylic acids is 1. The molecule has 1 amide bonds. The number of anilines is 1. The Hall–Kier alpha value is -5.60. The molecule has 0 aliphatic carbocycles. The molecule has 0 fully saturated rings. The van der Waals surface area contributed by atoms with E-state index in [0.717, 1.165) is 53.7 Å². The van der Waals surface area contributed by atoms with Crippen molar-refractivity contribution in [2.75, 3.05) is 11.4 Å². The van der Waals surface area contributed by atoms with E-state index in [4.69, 9.17) is 25.2 Å². The lowest BCUT2D eigenvalue weighted by atomic mass is 9.85. The molecule has 5 heterocycles. The van der Waals surface area contributed by atoms with E-state index in [1.165, 1.54) is 0 Å². The van der Waals surface area contributed by atoms with Gasteiger partial charge in [-0.3, -0.25) is 14.4 Å². The fourth-order valence-electron chi connectivity index (χ4n) is 7.57. The molecule has 3 atom stereocenters. The fourth-order valence-corrected chi connectivity index (χ4v) is 7.57. The Balaban J connectivity index is 0.00000514. The molecule has 0 saturated carbocycles. The third kappa shape index (κ3) is 7.19. The molecule has 3 aliphatic rings. The average Bonchev–Trinajstić information content (AvgIpc) is 3.54. The summed E-state index contributed by atoms with van der Waals surface area (Å²) in [7, 11) is 0. The van der Waals surface area contributed by atoms with Gasteiger partial charge in [-0.1, -0.05) is 63.1 Å². The largest absolute Gasteiger partial charge is 0.480 e. The number of amides is 1. The number of aromatic nitrogens is 2. The number of ether oxygens (including phenoxy) is 2. The minimum atomic E-state index is -1.97. The number of carboxylic acids is 1. The number of nitrogens with two attached hydrogens (primary N) is 1. The predicted octanol–water partition coefficient (Wildman–Crippen LogP) is 4.64. The first-order valence-corrected chi connectivity index (χ1v) is 18.3. The molecule has 0 spiro atoms. The lowest BCUT2D eigenvalue weighted by Crippen LogP contribution is -2.50. The summed E-state index contributed by atoms with van der Waals surface area (Å²) in [6.45, 7) is 4.46. The SMILES string of the molecule is CCCCCN1C=Nc2cccc3nc4c(c1c23)Cn1c-4cc2c(c1=O)COC(=O)[C@@]2(CC)OC(=O)CC[C@H](NC(=O)[C@@H](N)Cc1ccccc1)C(=O)O.Cl. The van der Waals surface area contributed by atoms with Crippen molar-refractivity contribution < 1.29 is 33.8 Å². The van der Waals surface area contributed by atoms with Gasteiger partial charge in [-0.15, -0.1) is 12.4 Å². The second-order valence-electron chi connectivity index (χ2n) is 13.9. The van der Waals surface area contributed by atoms with Crippen molar-refractivity contribution in [2.24, 2.45) is 10.7 Å². The van der Waals surface area contributed by atoms with Crippen LogP contribution in [0.25, 0.3) is 22.3 Å². The van der Waals surface area contributed by atoms with Crippen molar-refractivity contribution in [1.82, 2.24) is 14.9 Å². The van der Waals surface area contributed by atoms with Gasteiger partial charge in [0.25, 0.3) is 5.56 Å². The van der Waals surface area contributed by atoms with Gasteiger partial charge in [-0.05, 0) is 49.4 Å². The number of carboxylic acid groups (broad SMARTS) is 1. The first-order chi connectivity index (χ1) is 26.1. The Labute approximate surface area is 323 Å². The van der Waals surface area contributed by atoms with Gasteiger partial charge in [0.05, 0.1) is 58.2 Å². The maximum Gasteiger partial charge on any atom is 0.355 e. The number of fused-ring (bicyclic) bond motifs is 5. The van der Waals surface area contributed by atoms with Gasteiger partial charge in [-0.2, -0.15) is 0 Å². The number of pyridine rings is 2. The summed E-state index contributed by atoms with van der Waals surface area (Å²) >= 11 is 0. The van der Waals surface area contributed by atoms with Gasteiger partial charge in [0.2, 0.25) is 11.5 Å². The van der Waals surface area contributed by atoms with Crippen LogP contribution in [0.5, 0.6) is 0 Å². The Kier molecular flexibility index (Phi) is 11.4. The van der Waals surface area contributed by atoms with Crippen LogP contribution in [0.15, 0.2) is 64.4 Å². The van der Waals surface area contributed by atoms with E-state index in [0.29, 0.717) is 16.9 Å². The average molecular weight is 771 g/mol. The molecule has 15 heteroatoms. The van der Waals surface area contributed by atoms with Crippen LogP contribution in [0.3, 0.4) is 0 Å². The van der Waals surface area contributed by atoms with Crippen LogP contribution in [0.4, 0.5) is 11.4 Å². The molecular formula is C40H43ClN6O8. The standard InChI is InChI=1S/C40H42N6O8.ClH/c1-3-5-9-17-45-22-42-28-13-10-14-29-33(28)35(45)24-20-46-31(34(24)43-29)19-26-25(37(46)49)21-53-39(52)40(26,4-2)54-32(47)16-15-30(38(50)51)44-36(48)27(41)18-23-11-7-6-8-12-23;/h6-8,10-14,19,22,27,30H,3-5,9,15-18,20-21,41H2,1-2H3,(H,44,48)(H,50,51);1H/t27-,30-,40-;/m0./s1. The van der Waals surface area contributed by atoms with Gasteiger partial charge in [0.15, 0.2) is 0 Å². The van der Waals surface area contributed by atoms with Gasteiger partial charge >= 0.3 is 17.9 Å². The zero-order valence-electron chi connectivity index (χ0n) is 30.6. The molecule has 14 nitrogen and oxygen atoms in total. The molecule has 0 bridgehead atoms. The Bertz CT molecular complexity index is 2260. The molecule has 0 unspecified atom stereocenters. The molecule has 2 aromatic carbocycles. The summed E-state index contributed by atoms with van der Waals surface area (Å²) in [5, 5.41) is 13.2. The van der Waals surface area contributed by atoms with Crippen LogP contribution in [0.2, 0.25) is 0 Å². The van der Waals surface area contributed by atoms with Crippen LogP contribution in [0.1, 0.15) is 74.6 Å². The Morgan fingerprint density at radius 2 is 1.85 bits per heavy atom. The molecule has 3 aliphatic heterocycles. The zero-order chi connectivity index (χ0) is 38.1. The number of aliphatic imine (C=N–C) groups is 1. The fraction of sp³-hybridized carbons (Fsp3) is 0.375. The van der Waals surface area contributed by atoms with Crippen molar-refractivity contribution in [3.05, 3.63) is 87.2 Å². The summed E-state index contributed by atoms with van der Waals surface area (Å²) in [6, 6.07) is 14.0. The van der Waals surface area contributed by atoms with E-state index in [2.05, 4.69) is 17.1 Å². The quantitative estimate of drug-likeness (QED) is 0.105. The molecule has 0 radical (unpaired) electrons. The van der Waals surface area contributed by atoms with E-state index in [-0.39, 0.29) is 61.5 Å². The van der Waals surface area contributed by atoms with Crippen LogP contribution in [-0.2, 0) is 53.8 Å². The van der Waals surface area contributed by atoms with Crippen LogP contribution in [-0.4, -0.2) is 63.4 Å². The van der Waals surface area contributed by atoms with E-state index in [1.807, 2.05) is 30.6 Å². The lowest BCUT2D eigenvalue weighted by molar-refractivity contribution is -0.189. The van der Waals surface area contributed by atoms with Gasteiger partial charge < -0.3 is 35.1 Å². The molecule has 55 heavy (non-hydrogen) atoms. The van der Waals surface area contributed by atoms with Crippen molar-refractivity contribution in [3.8, 4) is 11.4 Å². The van der Waals surface area contributed by atoms with Gasteiger partial charge in [-0.25, -0.2) is 19.6 Å². The number of benzene rings is 2. The zero-order valence-corrected chi connectivity index (χ0v) is 31.4. The van der Waals surface area contributed by atoms with Crippen molar-refractivity contribution in [2.45, 2.75) is 89.6 Å². The van der Waals surface area contributed by atoms with Crippen LogP contribution >= 0.6 is 12.4 Å². The highest BCUT2D eigenvalue weighted by molar-refractivity contribution is 6.11. The number of hydrogen-bond acceptors (Lipinski definition) is 11. The second kappa shape index (κ2) is 16.0. The molecule has 2 aromatic heterocycles. The lowest BCUT2D eigenvalue weighted by Gasteiger charge is -2.35. The highest BCUT2D eigenvalue weighted by Crippen LogP contribution is 2.47. The molecule has 4 aromatic rings. The molecule has 7 rings (SSSR count). The topological polar surface area (TPSA) is 196 Å². The first kappa shape index (κ1) is 39.1. The maximum atomic E-state index is 14.2. The second-order valence-corrected chi connectivity index (χ2v) is 13.9. The highest BCUT2D eigenvalue weighted by atomic mass is 35.5. The summed E-state index contributed by atoms with van der Waals surface area (Å²) in [6.07, 6.45) is 4.23. The number of hydrogen-bond donors (Lipinski definition) is 3. The van der Waals surface area contributed by atoms with Gasteiger partial charge in [0.1, 0.15) is 12.6 Å². The third-order valence-electron chi connectivity index (χ3n) is 10.4. The maximum absolute atomic E-state index is 14.2. The Morgan fingerprint density at radius 1 is 1.07 bits per heavy atom. The molecule has 0 saturated heterocycles. The van der Waals surface area contributed by atoms with Crippen molar-refractivity contribution in [1.29, 1.82) is 0 Å². The molecular weight excluding hydrogens is 728 g/mol. The van der Waals surface area contributed by atoms with E-state index in [1.54, 1.807) is 41.8 Å². The van der Waals surface area contributed by atoms with Crippen LogP contribution in [0, 0.1) is 0 Å². The minimum Gasteiger partial charge on any atom is -0.480 e. The van der Waals surface area contributed by atoms with E-state index >= 15 is 0 Å². The van der Waals surface area contributed by atoms with Gasteiger partial charge in [0, 0.05) is 24.1 Å². The number of halogens is 1. The summed E-state index contributed by atoms with van der Waals surface area (Å²) < 4.78 is 13.0. The number of carbonyl (C=O) groups excluding carboxylic acids is 3. The normalized spacial score (nSPS) is 17.3.